The number of hydrogen-bond donors (Lipinski definition) is 0. The number of rotatable bonds is 0. The van der Waals surface area contributed by atoms with Crippen molar-refractivity contribution in [3.63, 3.8) is 0 Å². The van der Waals surface area contributed by atoms with Crippen LogP contribution in [0.2, 0.25) is 0 Å². The van der Waals surface area contributed by atoms with E-state index in [0.29, 0.717) is 0 Å². The quantitative estimate of drug-likeness (QED) is 0.295. The Labute approximate surface area is 32.3 Å². The molecule has 0 aliphatic rings. The van der Waals surface area contributed by atoms with Crippen LogP contribution in [0, 0.1) is 12.5 Å². The second-order valence-electron chi connectivity index (χ2n) is 0.371. The molecule has 0 N–H and O–H groups in total. The van der Waals surface area contributed by atoms with Gasteiger partial charge in [0.2, 0.25) is 0 Å². The summed E-state index contributed by atoms with van der Waals surface area (Å²) in [6.07, 6.45) is 4.62. The molecule has 5 heavy (non-hydrogen) atoms. The van der Waals surface area contributed by atoms with Crippen molar-refractivity contribution in [2.45, 2.75) is 0 Å². The minimum atomic E-state index is -0.0792. The summed E-state index contributed by atoms with van der Waals surface area (Å²) in [4.78, 5) is 0. The molecule has 0 saturated carbocycles. The highest BCUT2D eigenvalue weighted by atomic mass is 15.1. The molecule has 0 unspecified atom stereocenters. The van der Waals surface area contributed by atoms with Gasteiger partial charge in [-0.2, -0.15) is 5.11 Å². The Morgan fingerprint density at radius 1 is 2.20 bits per heavy atom. The van der Waals surface area contributed by atoms with Gasteiger partial charge in [0.05, 0.1) is 6.04 Å². The van der Waals surface area contributed by atoms with Crippen molar-refractivity contribution in [2.75, 3.05) is 7.02 Å². The Morgan fingerprint density at radius 2 is 3.00 bits per heavy atom. The molecule has 0 rings (SSSR count). The summed E-state index contributed by atoms with van der Waals surface area (Å²) in [7, 11) is -0.0792. The number of azo groups is 1. The fourth-order valence-corrected chi connectivity index (χ4v) is 0.0408. The Balaban J connectivity index is 3.02. The van der Waals surface area contributed by atoms with Crippen molar-refractivity contribution in [2.24, 2.45) is 10.2 Å². The first-order chi connectivity index (χ1) is 2.91. The van der Waals surface area contributed by atoms with Gasteiger partial charge in [-0.25, -0.2) is 0 Å². The normalized spacial score (nSPS) is 10.6. The molecule has 0 amide bonds. The molecule has 0 aromatic carbocycles. The van der Waals surface area contributed by atoms with Gasteiger partial charge in [0.15, 0.2) is 0 Å². The van der Waals surface area contributed by atoms with Gasteiger partial charge in [-0.15, -0.1) is 5.11 Å². The molecule has 0 fully saturated rings. The average Bonchev–Trinajstić information content (AvgIpc) is 1.61. The topological polar surface area (TPSA) is 24.7 Å². The van der Waals surface area contributed by atoms with Crippen LogP contribution in [0.1, 0.15) is 1.37 Å². The zero-order chi connectivity index (χ0) is 4.83. The maximum Gasteiger partial charge on any atom is 0.0537 e. The van der Waals surface area contributed by atoms with Crippen molar-refractivity contribution in [1.82, 2.24) is 0 Å². The van der Waals surface area contributed by atoms with Crippen LogP contribution in [0.4, 0.5) is 0 Å². The number of nitrogens with zero attached hydrogens (tertiary/aromatic N) is 2. The second kappa shape index (κ2) is 3.16. The van der Waals surface area contributed by atoms with Crippen LogP contribution in [-0.4, -0.2) is 7.02 Å². The Bertz CT molecular complexity index is 81.3. The van der Waals surface area contributed by atoms with Crippen LogP contribution in [-0.2, 0) is 0 Å². The Kier molecular flexibility index (Phi) is 1.52. The highest BCUT2D eigenvalue weighted by Gasteiger charge is 1.40. The minimum absolute atomic E-state index is 0.0792. The van der Waals surface area contributed by atoms with Crippen molar-refractivity contribution in [3.05, 3.63) is 0 Å². The Hall–Kier alpha value is -0.840. The number of hydrogen-bond acceptors (Lipinski definition) is 2. The van der Waals surface area contributed by atoms with Gasteiger partial charge < -0.3 is 0 Å². The van der Waals surface area contributed by atoms with Gasteiger partial charge >= 0.3 is 0 Å². The van der Waals surface area contributed by atoms with E-state index < -0.39 is 0 Å². The van der Waals surface area contributed by atoms with Gasteiger partial charge in [0.25, 0.3) is 0 Å². The second-order valence-corrected chi connectivity index (χ2v) is 0.371. The van der Waals surface area contributed by atoms with E-state index in [2.05, 4.69) is 16.7 Å². The molecule has 0 aliphatic heterocycles. The van der Waals surface area contributed by atoms with E-state index >= 15 is 0 Å². The van der Waals surface area contributed by atoms with E-state index in [1.807, 2.05) is 6.04 Å². The summed E-state index contributed by atoms with van der Waals surface area (Å²) in [6.45, 7) is 0. The van der Waals surface area contributed by atoms with E-state index in [1.54, 1.807) is 0 Å². The summed E-state index contributed by atoms with van der Waals surface area (Å²) in [5.41, 5.74) is 0. The lowest BCUT2D eigenvalue weighted by Gasteiger charge is -1.53. The van der Waals surface area contributed by atoms with Gasteiger partial charge in [-0.3, -0.25) is 0 Å². The lowest BCUT2D eigenvalue weighted by Crippen LogP contribution is -1.38. The number of terminal acetylenes is 1. The van der Waals surface area contributed by atoms with E-state index in [4.69, 9.17) is 1.37 Å². The Morgan fingerprint density at radius 3 is 3.20 bits per heavy atom. The van der Waals surface area contributed by atoms with E-state index in [1.165, 1.54) is 0 Å². The third-order valence-electron chi connectivity index (χ3n) is 0.128. The first kappa shape index (κ1) is 2.40. The lowest BCUT2D eigenvalue weighted by atomic mass is 11.2. The highest BCUT2D eigenvalue weighted by Crippen LogP contribution is 1.56. The van der Waals surface area contributed by atoms with Gasteiger partial charge in [0, 0.05) is 8.39 Å². The van der Waals surface area contributed by atoms with Crippen LogP contribution in [0.25, 0.3) is 0 Å². The summed E-state index contributed by atoms with van der Waals surface area (Å²) in [5, 5.41) is 6.20. The molecule has 2 heteroatoms. The molecule has 0 aromatic rings. The molecule has 0 heterocycles. The van der Waals surface area contributed by atoms with E-state index in [-0.39, 0.29) is 7.02 Å². The molecule has 26 valence electrons. The van der Waals surface area contributed by atoms with E-state index in [9.17, 15) is 0 Å². The molecular formula is C3H4N2. The van der Waals surface area contributed by atoms with Crippen molar-refractivity contribution in [3.8, 4) is 12.5 Å². The third kappa shape index (κ3) is 3.16. The van der Waals surface area contributed by atoms with Crippen LogP contribution in [0.3, 0.4) is 0 Å². The lowest BCUT2D eigenvalue weighted by molar-refractivity contribution is 1.19. The van der Waals surface area contributed by atoms with Crippen molar-refractivity contribution >= 4 is 0 Å². The molecule has 0 spiro atoms. The largest absolute Gasteiger partial charge is 0.183 e. The molecule has 0 aromatic heterocycles. The van der Waals surface area contributed by atoms with Crippen molar-refractivity contribution < 1.29 is 1.37 Å². The van der Waals surface area contributed by atoms with Crippen LogP contribution >= 0.6 is 0 Å². The average molecular weight is 69.1 g/mol. The zero-order valence-electron chi connectivity index (χ0n) is 3.68. The van der Waals surface area contributed by atoms with E-state index in [0.717, 1.165) is 0 Å². The van der Waals surface area contributed by atoms with Crippen molar-refractivity contribution in [1.29, 1.82) is 0 Å². The third-order valence-corrected chi connectivity index (χ3v) is 0.128. The fraction of sp³-hybridized carbons (Fsp3) is 0.333. The van der Waals surface area contributed by atoms with Gasteiger partial charge in [0.1, 0.15) is 0 Å². The molecular weight excluding hydrogens is 64.0 g/mol. The van der Waals surface area contributed by atoms with Crippen LogP contribution < -0.4 is 0 Å². The summed E-state index contributed by atoms with van der Waals surface area (Å²) < 4.78 is 6.35. The van der Waals surface area contributed by atoms with Gasteiger partial charge in [-0.05, 0) is 0 Å². The molecule has 2 nitrogen and oxygen atoms in total. The zero-order valence-corrected chi connectivity index (χ0v) is 2.68. The van der Waals surface area contributed by atoms with Crippen LogP contribution in [0.5, 0.6) is 0 Å². The first-order valence-electron chi connectivity index (χ1n) is 1.74. The maximum absolute atomic E-state index is 6.35. The first-order valence-corrected chi connectivity index (χ1v) is 1.03. The summed E-state index contributed by atoms with van der Waals surface area (Å²) in [5.74, 6) is 0. The molecule has 0 radical (unpaired) electrons. The fourth-order valence-electron chi connectivity index (χ4n) is 0.0408. The summed E-state index contributed by atoms with van der Waals surface area (Å²) >= 11 is 0. The summed E-state index contributed by atoms with van der Waals surface area (Å²) in [6, 6.07) is 1.91. The van der Waals surface area contributed by atoms with Gasteiger partial charge in [-0.1, -0.05) is 6.42 Å². The predicted molar refractivity (Wildman–Crippen MR) is 19.6 cm³/mol. The predicted octanol–water partition coefficient (Wildman–Crippen LogP) is 0.659. The monoisotopic (exact) mass is 69.0 g/mol. The maximum atomic E-state index is 6.35. The molecule has 0 saturated heterocycles. The SMILES string of the molecule is [2H]C/N=N/C#C. The van der Waals surface area contributed by atoms with Crippen LogP contribution in [0.15, 0.2) is 10.2 Å². The molecule has 0 atom stereocenters. The smallest absolute Gasteiger partial charge is 0.0537 e. The molecule has 0 aliphatic carbocycles. The highest BCUT2D eigenvalue weighted by molar-refractivity contribution is 4.76. The molecule has 0 bridgehead atoms. The minimum Gasteiger partial charge on any atom is -0.183 e. The standard InChI is InChI=1S/C3H4N2/c1-3-5-4-2/h1H,2H3/b5-4+/i2D.